The first kappa shape index (κ1) is 18.5. The third-order valence-electron chi connectivity index (χ3n) is 5.23. The van der Waals surface area contributed by atoms with Crippen LogP contribution in [-0.2, 0) is 27.7 Å². The highest BCUT2D eigenvalue weighted by molar-refractivity contribution is 9.10. The molecule has 7 heteroatoms. The van der Waals surface area contributed by atoms with Gasteiger partial charge in [0.05, 0.1) is 11.4 Å². The second-order valence-electron chi connectivity index (χ2n) is 6.87. The molecule has 142 valence electrons. The lowest BCUT2D eigenvalue weighted by Crippen LogP contribution is -2.37. The van der Waals surface area contributed by atoms with E-state index in [0.717, 1.165) is 34.1 Å². The summed E-state index contributed by atoms with van der Waals surface area (Å²) in [4.78, 5) is 14.3. The number of benzene rings is 2. The number of anilines is 2. The molecular formula is C20H21BrN2O3S. The average Bonchev–Trinajstić information content (AvgIpc) is 3.09. The van der Waals surface area contributed by atoms with Crippen molar-refractivity contribution in [2.45, 2.75) is 37.5 Å². The van der Waals surface area contributed by atoms with Gasteiger partial charge in [0, 0.05) is 24.0 Å². The van der Waals surface area contributed by atoms with Gasteiger partial charge in [0.15, 0.2) is 0 Å². The second-order valence-corrected chi connectivity index (χ2v) is 9.62. The van der Waals surface area contributed by atoms with Crippen molar-refractivity contribution in [1.82, 2.24) is 0 Å². The van der Waals surface area contributed by atoms with Crippen molar-refractivity contribution in [3.63, 3.8) is 0 Å². The Kier molecular flexibility index (Phi) is 4.76. The molecule has 0 aliphatic carbocycles. The molecule has 0 aromatic heterocycles. The molecule has 2 aromatic rings. The molecule has 0 bridgehead atoms. The van der Waals surface area contributed by atoms with Crippen molar-refractivity contribution >= 4 is 43.2 Å². The molecule has 4 rings (SSSR count). The Bertz CT molecular complexity index is 1020. The van der Waals surface area contributed by atoms with Crippen LogP contribution in [0.4, 0.5) is 11.4 Å². The Balaban J connectivity index is 1.88. The minimum absolute atomic E-state index is 0.0495. The number of halogens is 1. The number of fused-ring (bicyclic) bond motifs is 2. The summed E-state index contributed by atoms with van der Waals surface area (Å²) in [6.45, 7) is 2.77. The molecule has 0 radical (unpaired) electrons. The van der Waals surface area contributed by atoms with E-state index in [-0.39, 0.29) is 10.8 Å². The Morgan fingerprint density at radius 3 is 2.67 bits per heavy atom. The molecule has 0 atom stereocenters. The van der Waals surface area contributed by atoms with Crippen LogP contribution in [0.25, 0.3) is 0 Å². The third-order valence-corrected chi connectivity index (χ3v) is 7.52. The summed E-state index contributed by atoms with van der Waals surface area (Å²) in [6, 6.07) is 11.2. The SMILES string of the molecule is CCC(=O)N1CCc2cc(Br)cc(S(=O)(=O)N3CCCc4ccccc43)c21. The molecule has 0 saturated carbocycles. The zero-order valence-electron chi connectivity index (χ0n) is 15.1. The number of rotatable bonds is 3. The highest BCUT2D eigenvalue weighted by atomic mass is 79.9. The Morgan fingerprint density at radius 1 is 1.11 bits per heavy atom. The summed E-state index contributed by atoms with van der Waals surface area (Å²) in [7, 11) is -3.79. The van der Waals surface area contributed by atoms with Crippen molar-refractivity contribution in [2.75, 3.05) is 22.3 Å². The van der Waals surface area contributed by atoms with Gasteiger partial charge in [-0.05, 0) is 48.6 Å². The van der Waals surface area contributed by atoms with Crippen LogP contribution < -0.4 is 9.21 Å². The fourth-order valence-corrected chi connectivity index (χ4v) is 6.44. The molecule has 0 N–H and O–H groups in total. The van der Waals surface area contributed by atoms with Gasteiger partial charge in [-0.3, -0.25) is 9.10 Å². The summed E-state index contributed by atoms with van der Waals surface area (Å²) >= 11 is 3.45. The summed E-state index contributed by atoms with van der Waals surface area (Å²) in [5, 5.41) is 0. The molecule has 0 spiro atoms. The van der Waals surface area contributed by atoms with Crippen LogP contribution >= 0.6 is 15.9 Å². The number of para-hydroxylation sites is 1. The van der Waals surface area contributed by atoms with Crippen molar-refractivity contribution in [1.29, 1.82) is 0 Å². The minimum atomic E-state index is -3.79. The predicted octanol–water partition coefficient (Wildman–Crippen LogP) is 3.89. The van der Waals surface area contributed by atoms with Gasteiger partial charge >= 0.3 is 0 Å². The first-order valence-electron chi connectivity index (χ1n) is 9.17. The maximum atomic E-state index is 13.7. The van der Waals surface area contributed by atoms with Gasteiger partial charge in [0.1, 0.15) is 4.90 Å². The number of carbonyl (C=O) groups excluding carboxylic acids is 1. The fourth-order valence-electron chi connectivity index (χ4n) is 3.97. The number of nitrogens with zero attached hydrogens (tertiary/aromatic N) is 2. The van der Waals surface area contributed by atoms with E-state index >= 15 is 0 Å². The van der Waals surface area contributed by atoms with Gasteiger partial charge in [-0.2, -0.15) is 0 Å². The summed E-state index contributed by atoms with van der Waals surface area (Å²) in [6.07, 6.45) is 2.67. The number of aryl methyl sites for hydroxylation is 1. The van der Waals surface area contributed by atoms with Crippen LogP contribution in [0.5, 0.6) is 0 Å². The molecule has 1 amide bonds. The first-order chi connectivity index (χ1) is 12.9. The molecule has 2 aliphatic rings. The number of sulfonamides is 1. The van der Waals surface area contributed by atoms with Crippen molar-refractivity contribution in [3.8, 4) is 0 Å². The number of carbonyl (C=O) groups is 1. The van der Waals surface area contributed by atoms with Crippen LogP contribution in [-0.4, -0.2) is 27.4 Å². The monoisotopic (exact) mass is 448 g/mol. The molecule has 0 saturated heterocycles. The smallest absolute Gasteiger partial charge is 0.266 e. The standard InChI is InChI=1S/C20H21BrN2O3S/c1-2-19(24)22-11-9-15-12-16(21)13-18(20(15)22)27(25,26)23-10-5-7-14-6-3-4-8-17(14)23/h3-4,6,8,12-13H,2,5,7,9-11H2,1H3. The Morgan fingerprint density at radius 2 is 1.89 bits per heavy atom. The molecule has 2 aromatic carbocycles. The first-order valence-corrected chi connectivity index (χ1v) is 11.4. The van der Waals surface area contributed by atoms with Gasteiger partial charge < -0.3 is 4.90 Å². The number of hydrogen-bond acceptors (Lipinski definition) is 3. The molecule has 0 unspecified atom stereocenters. The van der Waals surface area contributed by atoms with Gasteiger partial charge in [0.2, 0.25) is 5.91 Å². The van der Waals surface area contributed by atoms with Crippen molar-refractivity contribution < 1.29 is 13.2 Å². The summed E-state index contributed by atoms with van der Waals surface area (Å²) in [5.41, 5.74) is 3.23. The van der Waals surface area contributed by atoms with Crippen LogP contribution in [0.1, 0.15) is 30.9 Å². The maximum Gasteiger partial charge on any atom is 0.266 e. The highest BCUT2D eigenvalue weighted by Gasteiger charge is 2.36. The number of amides is 1. The second kappa shape index (κ2) is 6.95. The topological polar surface area (TPSA) is 57.7 Å². The van der Waals surface area contributed by atoms with E-state index in [9.17, 15) is 13.2 Å². The lowest BCUT2D eigenvalue weighted by atomic mass is 10.0. The maximum absolute atomic E-state index is 13.7. The zero-order valence-corrected chi connectivity index (χ0v) is 17.5. The molecule has 27 heavy (non-hydrogen) atoms. The average molecular weight is 449 g/mol. The van der Waals surface area contributed by atoms with Gasteiger partial charge in [-0.1, -0.05) is 41.1 Å². The third kappa shape index (κ3) is 3.06. The Hall–Kier alpha value is -1.86. The Labute approximate surface area is 168 Å². The van der Waals surface area contributed by atoms with E-state index in [4.69, 9.17) is 0 Å². The normalized spacial score (nSPS) is 16.2. The largest absolute Gasteiger partial charge is 0.310 e. The van der Waals surface area contributed by atoms with Gasteiger partial charge in [-0.15, -0.1) is 0 Å². The van der Waals surface area contributed by atoms with Gasteiger partial charge in [-0.25, -0.2) is 8.42 Å². The summed E-state index contributed by atoms with van der Waals surface area (Å²) < 4.78 is 29.6. The van der Waals surface area contributed by atoms with Gasteiger partial charge in [0.25, 0.3) is 10.0 Å². The van der Waals surface area contributed by atoms with E-state index in [1.54, 1.807) is 17.9 Å². The van der Waals surface area contributed by atoms with Crippen molar-refractivity contribution in [2.24, 2.45) is 0 Å². The molecular weight excluding hydrogens is 428 g/mol. The number of hydrogen-bond donors (Lipinski definition) is 0. The van der Waals surface area contributed by atoms with Crippen LogP contribution in [0.2, 0.25) is 0 Å². The van der Waals surface area contributed by atoms with Crippen LogP contribution in [0, 0.1) is 0 Å². The van der Waals surface area contributed by atoms with E-state index in [2.05, 4.69) is 15.9 Å². The zero-order chi connectivity index (χ0) is 19.2. The van der Waals surface area contributed by atoms with Crippen molar-refractivity contribution in [3.05, 3.63) is 52.0 Å². The molecule has 5 nitrogen and oxygen atoms in total. The van der Waals surface area contributed by atoms with E-state index in [1.807, 2.05) is 30.3 Å². The van der Waals surface area contributed by atoms with Crippen LogP contribution in [0.15, 0.2) is 45.8 Å². The lowest BCUT2D eigenvalue weighted by Gasteiger charge is -2.32. The quantitative estimate of drug-likeness (QED) is 0.715. The fraction of sp³-hybridized carbons (Fsp3) is 0.350. The lowest BCUT2D eigenvalue weighted by molar-refractivity contribution is -0.118. The molecule has 0 fully saturated rings. The van der Waals surface area contributed by atoms with E-state index in [0.29, 0.717) is 31.6 Å². The van der Waals surface area contributed by atoms with Crippen LogP contribution in [0.3, 0.4) is 0 Å². The minimum Gasteiger partial charge on any atom is -0.310 e. The molecule has 2 heterocycles. The van der Waals surface area contributed by atoms with E-state index < -0.39 is 10.0 Å². The molecule has 2 aliphatic heterocycles. The van der Waals surface area contributed by atoms with E-state index in [1.165, 1.54) is 4.31 Å². The summed E-state index contributed by atoms with van der Waals surface area (Å²) in [5.74, 6) is -0.0495. The highest BCUT2D eigenvalue weighted by Crippen LogP contribution is 2.41. The predicted molar refractivity (Wildman–Crippen MR) is 110 cm³/mol.